The second-order valence-corrected chi connectivity index (χ2v) is 12.0. The van der Waals surface area contributed by atoms with Crippen molar-refractivity contribution < 1.29 is 19.5 Å². The van der Waals surface area contributed by atoms with E-state index in [9.17, 15) is 19.5 Å². The lowest BCUT2D eigenvalue weighted by atomic mass is 9.78. The summed E-state index contributed by atoms with van der Waals surface area (Å²) in [6.07, 6.45) is 11.7. The van der Waals surface area contributed by atoms with Gasteiger partial charge in [-0.1, -0.05) is 74.4 Å². The maximum Gasteiger partial charge on any atom is 0.247 e. The van der Waals surface area contributed by atoms with E-state index in [4.69, 9.17) is 0 Å². The summed E-state index contributed by atoms with van der Waals surface area (Å²) < 4.78 is -0.784. The number of rotatable bonds is 9. The van der Waals surface area contributed by atoms with Crippen molar-refractivity contribution in [1.29, 1.82) is 0 Å². The highest BCUT2D eigenvalue weighted by atomic mass is 32.2. The monoisotopic (exact) mass is 523 g/mol. The average Bonchev–Trinajstić information content (AvgIpc) is 3.22. The van der Waals surface area contributed by atoms with Gasteiger partial charge < -0.3 is 19.8 Å². The Morgan fingerprint density at radius 1 is 0.946 bits per heavy atom. The standard InChI is InChI=1S/C29H37N3O4S/c1-2-3-7-15-30-17-9-14-29-24(27(35)32(18-10-19-33)25(29)28(30)36)23-22(37-29)13-8-16-31(26(23)34)20-21-11-5-4-6-12-21/h4-6,8-9,11-14,22-25,33H,2-3,7,10,15-20H2,1H3/t22-,23+,24-,25?,29-/m0/s1. The molecule has 8 heteroatoms. The van der Waals surface area contributed by atoms with Crippen LogP contribution in [0.15, 0.2) is 54.6 Å². The summed E-state index contributed by atoms with van der Waals surface area (Å²) in [6.45, 7) is 4.59. The van der Waals surface area contributed by atoms with Gasteiger partial charge in [-0.3, -0.25) is 14.4 Å². The number of aliphatic hydroxyl groups is 1. The third-order valence-electron chi connectivity index (χ3n) is 8.13. The molecule has 3 amide bonds. The first kappa shape index (κ1) is 26.0. The Kier molecular flexibility index (Phi) is 7.77. The number of nitrogens with zero attached hydrogens (tertiary/aromatic N) is 3. The lowest BCUT2D eigenvalue weighted by Crippen LogP contribution is -2.53. The summed E-state index contributed by atoms with van der Waals surface area (Å²) in [5, 5.41) is 9.39. The van der Waals surface area contributed by atoms with Crippen LogP contribution in [0.4, 0.5) is 0 Å². The fourth-order valence-corrected chi connectivity index (χ4v) is 8.42. The van der Waals surface area contributed by atoms with Crippen LogP contribution in [0, 0.1) is 11.8 Å². The van der Waals surface area contributed by atoms with Crippen LogP contribution in [0.1, 0.15) is 38.2 Å². The van der Waals surface area contributed by atoms with Gasteiger partial charge in [-0.2, -0.15) is 0 Å². The fourth-order valence-electron chi connectivity index (χ4n) is 6.42. The Bertz CT molecular complexity index is 1080. The number of amides is 3. The van der Waals surface area contributed by atoms with Crippen LogP contribution in [0.25, 0.3) is 0 Å². The van der Waals surface area contributed by atoms with E-state index in [1.165, 1.54) is 0 Å². The van der Waals surface area contributed by atoms with Crippen LogP contribution in [0.5, 0.6) is 0 Å². The molecule has 1 spiro atoms. The number of benzene rings is 1. The van der Waals surface area contributed by atoms with Crippen molar-refractivity contribution in [3.05, 3.63) is 60.2 Å². The van der Waals surface area contributed by atoms with E-state index in [2.05, 4.69) is 19.1 Å². The highest BCUT2D eigenvalue weighted by molar-refractivity contribution is 8.02. The minimum Gasteiger partial charge on any atom is -0.396 e. The number of unbranched alkanes of at least 4 members (excludes halogenated alkanes) is 2. The number of likely N-dealkylation sites (tertiary alicyclic amines) is 1. The number of thioether (sulfide) groups is 1. The van der Waals surface area contributed by atoms with Crippen molar-refractivity contribution in [2.75, 3.05) is 32.8 Å². The quantitative estimate of drug-likeness (QED) is 0.398. The Morgan fingerprint density at radius 2 is 1.73 bits per heavy atom. The van der Waals surface area contributed by atoms with E-state index in [-0.39, 0.29) is 29.6 Å². The van der Waals surface area contributed by atoms with E-state index in [1.807, 2.05) is 52.3 Å². The molecule has 2 saturated heterocycles. The molecule has 4 aliphatic rings. The van der Waals surface area contributed by atoms with Crippen LogP contribution in [-0.2, 0) is 20.9 Å². The normalized spacial score (nSPS) is 30.9. The van der Waals surface area contributed by atoms with Crippen molar-refractivity contribution in [3.8, 4) is 0 Å². The van der Waals surface area contributed by atoms with Gasteiger partial charge in [-0.15, -0.1) is 11.8 Å². The summed E-state index contributed by atoms with van der Waals surface area (Å²) in [4.78, 5) is 47.6. The summed E-state index contributed by atoms with van der Waals surface area (Å²) in [7, 11) is 0. The molecule has 5 atom stereocenters. The lowest BCUT2D eigenvalue weighted by Gasteiger charge is -2.35. The van der Waals surface area contributed by atoms with Crippen LogP contribution < -0.4 is 0 Å². The molecule has 0 radical (unpaired) electrons. The number of carbonyl (C=O) groups is 3. The van der Waals surface area contributed by atoms with Gasteiger partial charge in [0, 0.05) is 44.6 Å². The number of aliphatic hydroxyl groups excluding tert-OH is 1. The van der Waals surface area contributed by atoms with E-state index in [0.29, 0.717) is 39.1 Å². The van der Waals surface area contributed by atoms with E-state index in [1.54, 1.807) is 16.7 Å². The van der Waals surface area contributed by atoms with Crippen molar-refractivity contribution in [1.82, 2.24) is 14.7 Å². The molecule has 37 heavy (non-hydrogen) atoms. The first-order valence-electron chi connectivity index (χ1n) is 13.6. The molecule has 1 aromatic rings. The average molecular weight is 524 g/mol. The maximum absolute atomic E-state index is 14.1. The molecule has 198 valence electrons. The van der Waals surface area contributed by atoms with Crippen LogP contribution in [0.3, 0.4) is 0 Å². The molecule has 0 aromatic heterocycles. The van der Waals surface area contributed by atoms with E-state index < -0.39 is 22.6 Å². The van der Waals surface area contributed by atoms with Crippen LogP contribution in [0.2, 0.25) is 0 Å². The van der Waals surface area contributed by atoms with Crippen LogP contribution >= 0.6 is 11.8 Å². The molecule has 0 bridgehead atoms. The molecular formula is C29H37N3O4S. The molecule has 0 aliphatic carbocycles. The summed E-state index contributed by atoms with van der Waals surface area (Å²) >= 11 is 1.62. The zero-order valence-corrected chi connectivity index (χ0v) is 22.3. The first-order chi connectivity index (χ1) is 18.0. The predicted octanol–water partition coefficient (Wildman–Crippen LogP) is 2.85. The minimum atomic E-state index is -0.784. The SMILES string of the molecule is CCCCCN1CC=C[C@]23S[C@H]4C=CCN(Cc5ccccc5)C(=O)[C@H]4[C@H]2C(=O)N(CCCO)C3C1=O. The van der Waals surface area contributed by atoms with Crippen LogP contribution in [-0.4, -0.2) is 86.4 Å². The molecule has 1 aromatic carbocycles. The Labute approximate surface area is 223 Å². The van der Waals surface area contributed by atoms with Gasteiger partial charge in [-0.25, -0.2) is 0 Å². The molecule has 5 rings (SSSR count). The maximum atomic E-state index is 14.1. The molecular weight excluding hydrogens is 486 g/mol. The highest BCUT2D eigenvalue weighted by Crippen LogP contribution is 2.61. The Morgan fingerprint density at radius 3 is 2.49 bits per heavy atom. The molecule has 0 saturated carbocycles. The molecule has 1 N–H and O–H groups in total. The molecule has 2 fully saturated rings. The van der Waals surface area contributed by atoms with Gasteiger partial charge >= 0.3 is 0 Å². The van der Waals surface area contributed by atoms with Gasteiger partial charge in [0.2, 0.25) is 17.7 Å². The molecule has 7 nitrogen and oxygen atoms in total. The predicted molar refractivity (Wildman–Crippen MR) is 145 cm³/mol. The van der Waals surface area contributed by atoms with Crippen molar-refractivity contribution in [2.24, 2.45) is 11.8 Å². The number of fused-ring (bicyclic) bond motifs is 2. The Hall–Kier alpha value is -2.58. The summed E-state index contributed by atoms with van der Waals surface area (Å²) in [5.74, 6) is -1.30. The second kappa shape index (κ2) is 11.0. The number of hydrogen-bond acceptors (Lipinski definition) is 5. The molecule has 4 heterocycles. The summed E-state index contributed by atoms with van der Waals surface area (Å²) in [6, 6.07) is 9.26. The summed E-state index contributed by atoms with van der Waals surface area (Å²) in [5.41, 5.74) is 1.05. The van der Waals surface area contributed by atoms with Gasteiger partial charge in [0.1, 0.15) is 6.04 Å². The van der Waals surface area contributed by atoms with Gasteiger partial charge in [0.25, 0.3) is 0 Å². The van der Waals surface area contributed by atoms with Gasteiger partial charge in [0.05, 0.1) is 16.6 Å². The number of hydrogen-bond donors (Lipinski definition) is 1. The van der Waals surface area contributed by atoms with E-state index in [0.717, 1.165) is 24.8 Å². The Balaban J connectivity index is 1.49. The van der Waals surface area contributed by atoms with Gasteiger partial charge in [-0.05, 0) is 18.4 Å². The topological polar surface area (TPSA) is 81.2 Å². The lowest BCUT2D eigenvalue weighted by molar-refractivity contribution is -0.144. The van der Waals surface area contributed by atoms with Crippen molar-refractivity contribution in [2.45, 2.75) is 55.2 Å². The first-order valence-corrected chi connectivity index (χ1v) is 14.4. The zero-order valence-electron chi connectivity index (χ0n) is 21.5. The minimum absolute atomic E-state index is 0.0192. The third kappa shape index (κ3) is 4.63. The third-order valence-corrected chi connectivity index (χ3v) is 9.87. The van der Waals surface area contributed by atoms with E-state index >= 15 is 0 Å². The van der Waals surface area contributed by atoms with Crippen molar-refractivity contribution >= 4 is 29.5 Å². The smallest absolute Gasteiger partial charge is 0.247 e. The molecule has 1 unspecified atom stereocenters. The zero-order chi connectivity index (χ0) is 26.0. The number of carbonyl (C=O) groups excluding carboxylic acids is 3. The highest BCUT2D eigenvalue weighted by Gasteiger charge is 2.70. The van der Waals surface area contributed by atoms with Crippen molar-refractivity contribution in [3.63, 3.8) is 0 Å². The molecule has 4 aliphatic heterocycles. The largest absolute Gasteiger partial charge is 0.396 e. The fraction of sp³-hybridized carbons (Fsp3) is 0.552. The second-order valence-electron chi connectivity index (χ2n) is 10.5. The van der Waals surface area contributed by atoms with Gasteiger partial charge in [0.15, 0.2) is 0 Å².